The highest BCUT2D eigenvalue weighted by Gasteiger charge is 2.25. The van der Waals surface area contributed by atoms with E-state index in [2.05, 4.69) is 24.1 Å². The van der Waals surface area contributed by atoms with Gasteiger partial charge in [-0.2, -0.15) is 0 Å². The number of hydrogen-bond acceptors (Lipinski definition) is 4. The Balaban J connectivity index is 1.77. The van der Waals surface area contributed by atoms with E-state index in [1.165, 1.54) is 24.1 Å². The molecule has 1 heterocycles. The molecule has 0 spiro atoms. The molecule has 2 atom stereocenters. The molecule has 0 amide bonds. The van der Waals surface area contributed by atoms with Crippen molar-refractivity contribution >= 4 is 11.3 Å². The van der Waals surface area contributed by atoms with Crippen LogP contribution in [0.1, 0.15) is 34.8 Å². The molecule has 1 fully saturated rings. The summed E-state index contributed by atoms with van der Waals surface area (Å²) in [4.78, 5) is 5.78. The Morgan fingerprint density at radius 3 is 2.76 bits per heavy atom. The third kappa shape index (κ3) is 3.27. The predicted octanol–water partition coefficient (Wildman–Crippen LogP) is 2.26. The molecule has 1 saturated carbocycles. The summed E-state index contributed by atoms with van der Waals surface area (Å²) in [6.07, 6.45) is 3.73. The lowest BCUT2D eigenvalue weighted by Gasteiger charge is -2.17. The standard InChI is InChI=1S/C13H22N2OS/c1-9-13(17-10(2)15-9)7-14-6-11-4-3-5-12(11)8-16/h11-12,14,16H,3-8H2,1-2H3. The van der Waals surface area contributed by atoms with Crippen LogP contribution in [0, 0.1) is 25.7 Å². The summed E-state index contributed by atoms with van der Waals surface area (Å²) in [7, 11) is 0. The smallest absolute Gasteiger partial charge is 0.0900 e. The first-order valence-corrected chi connectivity index (χ1v) is 7.27. The number of aromatic nitrogens is 1. The Labute approximate surface area is 107 Å². The topological polar surface area (TPSA) is 45.2 Å². The van der Waals surface area contributed by atoms with E-state index in [0.29, 0.717) is 18.4 Å². The van der Waals surface area contributed by atoms with E-state index < -0.39 is 0 Å². The molecule has 4 heteroatoms. The highest BCUT2D eigenvalue weighted by Crippen LogP contribution is 2.30. The minimum Gasteiger partial charge on any atom is -0.396 e. The zero-order valence-electron chi connectivity index (χ0n) is 10.7. The van der Waals surface area contributed by atoms with E-state index >= 15 is 0 Å². The van der Waals surface area contributed by atoms with E-state index in [1.807, 2.05) is 0 Å². The van der Waals surface area contributed by atoms with Gasteiger partial charge in [-0.3, -0.25) is 0 Å². The number of nitrogens with zero attached hydrogens (tertiary/aromatic N) is 1. The summed E-state index contributed by atoms with van der Waals surface area (Å²) in [5.41, 5.74) is 1.16. The van der Waals surface area contributed by atoms with Crippen molar-refractivity contribution in [1.82, 2.24) is 10.3 Å². The third-order valence-electron chi connectivity index (χ3n) is 3.74. The molecule has 2 rings (SSSR count). The Bertz CT molecular complexity index is 364. The van der Waals surface area contributed by atoms with E-state index in [1.54, 1.807) is 11.3 Å². The fraction of sp³-hybridized carbons (Fsp3) is 0.769. The van der Waals surface area contributed by atoms with Gasteiger partial charge in [0.05, 0.1) is 10.7 Å². The molecular weight excluding hydrogens is 232 g/mol. The van der Waals surface area contributed by atoms with Gasteiger partial charge in [0.2, 0.25) is 0 Å². The fourth-order valence-electron chi connectivity index (χ4n) is 2.73. The monoisotopic (exact) mass is 254 g/mol. The lowest BCUT2D eigenvalue weighted by Crippen LogP contribution is -2.26. The summed E-state index contributed by atoms with van der Waals surface area (Å²) in [5, 5.41) is 13.9. The summed E-state index contributed by atoms with van der Waals surface area (Å²) in [6, 6.07) is 0. The van der Waals surface area contributed by atoms with Crippen LogP contribution in [-0.2, 0) is 6.54 Å². The highest BCUT2D eigenvalue weighted by atomic mass is 32.1. The van der Waals surface area contributed by atoms with Gasteiger partial charge < -0.3 is 10.4 Å². The molecule has 1 aromatic rings. The molecule has 0 bridgehead atoms. The average Bonchev–Trinajstić information content (AvgIpc) is 2.86. The number of aliphatic hydroxyl groups excluding tert-OH is 1. The second-order valence-electron chi connectivity index (χ2n) is 5.01. The van der Waals surface area contributed by atoms with Crippen molar-refractivity contribution < 1.29 is 5.11 Å². The van der Waals surface area contributed by atoms with Crippen LogP contribution < -0.4 is 5.32 Å². The quantitative estimate of drug-likeness (QED) is 0.847. The molecule has 0 aromatic carbocycles. The van der Waals surface area contributed by atoms with Gasteiger partial charge in [0, 0.05) is 18.0 Å². The summed E-state index contributed by atoms with van der Waals surface area (Å²) >= 11 is 1.78. The largest absolute Gasteiger partial charge is 0.396 e. The van der Waals surface area contributed by atoms with Crippen LogP contribution in [0.4, 0.5) is 0 Å². The number of aliphatic hydroxyl groups is 1. The van der Waals surface area contributed by atoms with Gasteiger partial charge in [0.25, 0.3) is 0 Å². The van der Waals surface area contributed by atoms with Crippen molar-refractivity contribution in [3.05, 3.63) is 15.6 Å². The Kier molecular flexibility index (Phi) is 4.54. The first kappa shape index (κ1) is 13.0. The first-order valence-electron chi connectivity index (χ1n) is 6.45. The number of aryl methyl sites for hydroxylation is 2. The SMILES string of the molecule is Cc1nc(C)c(CNCC2CCCC2CO)s1. The molecule has 96 valence electrons. The minimum absolute atomic E-state index is 0.352. The zero-order valence-corrected chi connectivity index (χ0v) is 11.5. The molecular formula is C13H22N2OS. The third-order valence-corrected chi connectivity index (χ3v) is 4.82. The molecule has 2 N–H and O–H groups in total. The van der Waals surface area contributed by atoms with Crippen LogP contribution >= 0.6 is 11.3 Å². The number of nitrogens with one attached hydrogen (secondary N) is 1. The summed E-state index contributed by atoms with van der Waals surface area (Å²) < 4.78 is 0. The van der Waals surface area contributed by atoms with Gasteiger partial charge in [0.1, 0.15) is 0 Å². The van der Waals surface area contributed by atoms with Crippen LogP contribution in [0.25, 0.3) is 0 Å². The van der Waals surface area contributed by atoms with Gasteiger partial charge in [0.15, 0.2) is 0 Å². The van der Waals surface area contributed by atoms with E-state index in [-0.39, 0.29) is 0 Å². The molecule has 1 aromatic heterocycles. The molecule has 3 nitrogen and oxygen atoms in total. The van der Waals surface area contributed by atoms with Crippen molar-refractivity contribution in [3.63, 3.8) is 0 Å². The fourth-order valence-corrected chi connectivity index (χ4v) is 3.64. The van der Waals surface area contributed by atoms with Crippen molar-refractivity contribution in [2.75, 3.05) is 13.2 Å². The van der Waals surface area contributed by atoms with Crippen LogP contribution in [-0.4, -0.2) is 23.2 Å². The van der Waals surface area contributed by atoms with Crippen LogP contribution in [0.3, 0.4) is 0 Å². The Hall–Kier alpha value is -0.450. The van der Waals surface area contributed by atoms with Gasteiger partial charge in [-0.05, 0) is 45.1 Å². The Morgan fingerprint density at radius 2 is 2.12 bits per heavy atom. The van der Waals surface area contributed by atoms with Gasteiger partial charge in [-0.1, -0.05) is 6.42 Å². The Morgan fingerprint density at radius 1 is 1.35 bits per heavy atom. The molecule has 1 aliphatic carbocycles. The van der Waals surface area contributed by atoms with Crippen molar-refractivity contribution in [3.8, 4) is 0 Å². The number of hydrogen-bond donors (Lipinski definition) is 2. The molecule has 0 radical (unpaired) electrons. The molecule has 0 aliphatic heterocycles. The van der Waals surface area contributed by atoms with Crippen molar-refractivity contribution in [2.45, 2.75) is 39.7 Å². The second-order valence-corrected chi connectivity index (χ2v) is 6.29. The molecule has 0 saturated heterocycles. The first-order chi connectivity index (χ1) is 8.20. The van der Waals surface area contributed by atoms with Gasteiger partial charge >= 0.3 is 0 Å². The normalized spacial score (nSPS) is 24.4. The maximum Gasteiger partial charge on any atom is 0.0900 e. The van der Waals surface area contributed by atoms with Crippen molar-refractivity contribution in [1.29, 1.82) is 0 Å². The maximum absolute atomic E-state index is 9.26. The summed E-state index contributed by atoms with van der Waals surface area (Å²) in [5.74, 6) is 1.18. The van der Waals surface area contributed by atoms with E-state index in [4.69, 9.17) is 0 Å². The number of rotatable bonds is 5. The van der Waals surface area contributed by atoms with Gasteiger partial charge in [-0.25, -0.2) is 4.98 Å². The lowest BCUT2D eigenvalue weighted by molar-refractivity contribution is 0.192. The lowest BCUT2D eigenvalue weighted by atomic mass is 9.97. The van der Waals surface area contributed by atoms with Crippen LogP contribution in [0.2, 0.25) is 0 Å². The second kappa shape index (κ2) is 5.94. The van der Waals surface area contributed by atoms with Crippen molar-refractivity contribution in [2.24, 2.45) is 11.8 Å². The van der Waals surface area contributed by atoms with E-state index in [9.17, 15) is 5.11 Å². The highest BCUT2D eigenvalue weighted by molar-refractivity contribution is 7.11. The zero-order chi connectivity index (χ0) is 12.3. The summed E-state index contributed by atoms with van der Waals surface area (Å²) in [6.45, 7) is 6.44. The van der Waals surface area contributed by atoms with Crippen LogP contribution in [0.15, 0.2) is 0 Å². The maximum atomic E-state index is 9.26. The van der Waals surface area contributed by atoms with Crippen LogP contribution in [0.5, 0.6) is 0 Å². The number of thiazole rings is 1. The minimum atomic E-state index is 0.352. The molecule has 2 unspecified atom stereocenters. The molecule has 17 heavy (non-hydrogen) atoms. The average molecular weight is 254 g/mol. The van der Waals surface area contributed by atoms with E-state index in [0.717, 1.165) is 23.8 Å². The molecule has 1 aliphatic rings. The van der Waals surface area contributed by atoms with Gasteiger partial charge in [-0.15, -0.1) is 11.3 Å². The predicted molar refractivity (Wildman–Crippen MR) is 71.2 cm³/mol.